The molecule has 5 rings (SSSR count). The number of carbonyl (C=O) groups is 1. The Labute approximate surface area is 215 Å². The number of ether oxygens (including phenoxy) is 1. The average Bonchev–Trinajstić information content (AvgIpc) is 3.57. The summed E-state index contributed by atoms with van der Waals surface area (Å²) in [4.78, 5) is 22.3. The highest BCUT2D eigenvalue weighted by Gasteiger charge is 2.26. The number of halogens is 1. The summed E-state index contributed by atoms with van der Waals surface area (Å²) in [7, 11) is 1.69. The van der Waals surface area contributed by atoms with Crippen LogP contribution in [-0.4, -0.2) is 52.8 Å². The number of nitrogens with one attached hydrogen (secondary N) is 2. The third-order valence-corrected chi connectivity index (χ3v) is 6.69. The molecule has 0 unspecified atom stereocenters. The highest BCUT2D eigenvalue weighted by molar-refractivity contribution is 6.32. The van der Waals surface area contributed by atoms with Crippen molar-refractivity contribution in [2.24, 2.45) is 0 Å². The van der Waals surface area contributed by atoms with E-state index in [2.05, 4.69) is 20.7 Å². The van der Waals surface area contributed by atoms with Crippen LogP contribution in [0.15, 0.2) is 35.1 Å². The highest BCUT2D eigenvalue weighted by atomic mass is 19.1. The maximum atomic E-state index is 13.6. The van der Waals surface area contributed by atoms with Crippen LogP contribution in [0, 0.1) is 5.82 Å². The monoisotopic (exact) mass is 504 g/mol. The third-order valence-electron chi connectivity index (χ3n) is 6.69. The summed E-state index contributed by atoms with van der Waals surface area (Å²) in [5.74, 6) is -0.321. The first kappa shape index (κ1) is 24.9. The molecular weight excluding hydrogens is 474 g/mol. The van der Waals surface area contributed by atoms with Crippen LogP contribution in [-0.2, 0) is 24.2 Å². The second-order valence-electron chi connectivity index (χ2n) is 9.19. The number of anilines is 1. The molecule has 3 aromatic heterocycles. The van der Waals surface area contributed by atoms with Crippen molar-refractivity contribution in [3.05, 3.63) is 53.4 Å². The molecule has 1 saturated heterocycles. The van der Waals surface area contributed by atoms with Crippen LogP contribution in [0.5, 0.6) is 0 Å². The van der Waals surface area contributed by atoms with E-state index in [1.807, 2.05) is 24.7 Å². The molecule has 1 aliphatic rings. The zero-order valence-corrected chi connectivity index (χ0v) is 21.3. The zero-order valence-electron chi connectivity index (χ0n) is 21.3. The van der Waals surface area contributed by atoms with Gasteiger partial charge >= 0.3 is 0 Å². The van der Waals surface area contributed by atoms with Crippen LogP contribution >= 0.6 is 0 Å². The summed E-state index contributed by atoms with van der Waals surface area (Å²) >= 11 is 0. The summed E-state index contributed by atoms with van der Waals surface area (Å²) in [6.07, 6.45) is 5.59. The Bertz CT molecular complexity index is 1430. The number of hydrogen-bond acceptors (Lipinski definition) is 7. The fourth-order valence-electron chi connectivity index (χ4n) is 4.63. The van der Waals surface area contributed by atoms with Gasteiger partial charge in [0.1, 0.15) is 19.9 Å². The minimum Gasteiger partial charge on any atom is -0.443 e. The lowest BCUT2D eigenvalue weighted by molar-refractivity contribution is 0.0904. The molecule has 9 nitrogen and oxygen atoms in total. The second kappa shape index (κ2) is 10.7. The Balaban J connectivity index is 1.47. The van der Waals surface area contributed by atoms with Crippen molar-refractivity contribution in [2.45, 2.75) is 52.2 Å². The van der Waals surface area contributed by atoms with Crippen LogP contribution in [0.25, 0.3) is 22.5 Å². The van der Waals surface area contributed by atoms with E-state index in [4.69, 9.17) is 14.1 Å². The van der Waals surface area contributed by atoms with Gasteiger partial charge in [-0.2, -0.15) is 5.10 Å². The van der Waals surface area contributed by atoms with Gasteiger partial charge in [-0.05, 0) is 37.8 Å². The lowest BCUT2D eigenvalue weighted by Gasteiger charge is -2.26. The topological polar surface area (TPSA) is 107 Å². The predicted molar refractivity (Wildman–Crippen MR) is 141 cm³/mol. The lowest BCUT2D eigenvalue weighted by atomic mass is 9.93. The molecule has 1 fully saturated rings. The maximum Gasteiger partial charge on any atom is 0.273 e. The van der Waals surface area contributed by atoms with Crippen LogP contribution in [0.2, 0.25) is 0 Å². The quantitative estimate of drug-likeness (QED) is 0.355. The van der Waals surface area contributed by atoms with E-state index in [1.165, 1.54) is 12.3 Å². The van der Waals surface area contributed by atoms with Crippen LogP contribution < -0.4 is 16.1 Å². The van der Waals surface area contributed by atoms with E-state index in [0.29, 0.717) is 37.5 Å². The lowest BCUT2D eigenvalue weighted by Crippen LogP contribution is -2.28. The largest absolute Gasteiger partial charge is 0.443 e. The standard InChI is InChI=1S/C26H30BFN6O3/c1-3-20-22(23(31-16-7-9-36-10-8-16)17-13-30-34(4-2)24(17)32-20)26-33-21(14-37-26)25(35)29-12-15-5-6-19(28)18(27)11-15/h5-6,11,13-14,16H,3-4,7-10,12,27H2,1-2H3,(H,29,35)(H,31,32). The minimum absolute atomic E-state index is 0.164. The number of oxazole rings is 1. The number of amides is 1. The van der Waals surface area contributed by atoms with Gasteiger partial charge in [0.15, 0.2) is 11.3 Å². The fraction of sp³-hybridized carbons (Fsp3) is 0.385. The maximum absolute atomic E-state index is 13.6. The number of fused-ring (bicyclic) bond motifs is 1. The van der Waals surface area contributed by atoms with Crippen LogP contribution in [0.3, 0.4) is 0 Å². The summed E-state index contributed by atoms with van der Waals surface area (Å²) < 4.78 is 26.8. The molecule has 0 radical (unpaired) electrons. The molecule has 0 aliphatic carbocycles. The van der Waals surface area contributed by atoms with Crippen LogP contribution in [0.1, 0.15) is 48.4 Å². The molecule has 1 amide bonds. The first-order chi connectivity index (χ1) is 18.0. The van der Waals surface area contributed by atoms with E-state index in [-0.39, 0.29) is 30.0 Å². The van der Waals surface area contributed by atoms with Gasteiger partial charge in [-0.25, -0.2) is 19.0 Å². The Hall–Kier alpha value is -3.73. The van der Waals surface area contributed by atoms with E-state index >= 15 is 0 Å². The Morgan fingerprint density at radius 3 is 2.78 bits per heavy atom. The van der Waals surface area contributed by atoms with E-state index in [1.54, 1.807) is 20.0 Å². The van der Waals surface area contributed by atoms with Crippen molar-refractivity contribution >= 4 is 35.9 Å². The number of carbonyl (C=O) groups excluding carboxylic acids is 1. The smallest absolute Gasteiger partial charge is 0.273 e. The number of rotatable bonds is 8. The molecule has 0 bridgehead atoms. The molecular formula is C26H30BFN6O3. The molecule has 37 heavy (non-hydrogen) atoms. The number of nitrogens with zero attached hydrogens (tertiary/aromatic N) is 4. The normalized spacial score (nSPS) is 14.2. The van der Waals surface area contributed by atoms with E-state index in [9.17, 15) is 9.18 Å². The second-order valence-corrected chi connectivity index (χ2v) is 9.19. The fourth-order valence-corrected chi connectivity index (χ4v) is 4.63. The summed E-state index contributed by atoms with van der Waals surface area (Å²) in [6.45, 7) is 6.42. The molecule has 2 N–H and O–H groups in total. The molecule has 4 aromatic rings. The zero-order chi connectivity index (χ0) is 25.9. The van der Waals surface area contributed by atoms with Gasteiger partial charge in [-0.1, -0.05) is 24.5 Å². The SMILES string of the molecule is Bc1cc(CNC(=O)c2coc(-c3c(CC)nc4c(cnn4CC)c3NC3CCOCC3)n2)ccc1F. The number of pyridine rings is 1. The molecule has 0 atom stereocenters. The molecule has 0 spiro atoms. The molecule has 4 heterocycles. The van der Waals surface area contributed by atoms with Gasteiger partial charge in [0.25, 0.3) is 5.91 Å². The van der Waals surface area contributed by atoms with Crippen LogP contribution in [0.4, 0.5) is 10.1 Å². The average molecular weight is 504 g/mol. The van der Waals surface area contributed by atoms with Gasteiger partial charge in [0.05, 0.1) is 28.5 Å². The van der Waals surface area contributed by atoms with Crippen molar-refractivity contribution in [2.75, 3.05) is 18.5 Å². The summed E-state index contributed by atoms with van der Waals surface area (Å²) in [5.41, 5.74) is 4.72. The van der Waals surface area contributed by atoms with Gasteiger partial charge < -0.3 is 19.8 Å². The first-order valence-electron chi connectivity index (χ1n) is 12.7. The van der Waals surface area contributed by atoms with Crippen molar-refractivity contribution in [3.63, 3.8) is 0 Å². The number of benzene rings is 1. The Kier molecular flexibility index (Phi) is 7.23. The van der Waals surface area contributed by atoms with Crippen molar-refractivity contribution < 1.29 is 18.3 Å². The number of aromatic nitrogens is 4. The van der Waals surface area contributed by atoms with Crippen molar-refractivity contribution in [1.29, 1.82) is 0 Å². The van der Waals surface area contributed by atoms with Gasteiger partial charge in [0.2, 0.25) is 5.89 Å². The molecule has 11 heteroatoms. The molecule has 0 saturated carbocycles. The van der Waals surface area contributed by atoms with Crippen molar-refractivity contribution in [1.82, 2.24) is 25.1 Å². The summed E-state index contributed by atoms with van der Waals surface area (Å²) in [5, 5.41) is 11.9. The van der Waals surface area contributed by atoms with Gasteiger partial charge in [-0.15, -0.1) is 0 Å². The molecule has 1 aliphatic heterocycles. The third kappa shape index (κ3) is 5.08. The minimum atomic E-state index is -0.373. The highest BCUT2D eigenvalue weighted by Crippen LogP contribution is 2.37. The first-order valence-corrected chi connectivity index (χ1v) is 12.7. The Morgan fingerprint density at radius 2 is 2.05 bits per heavy atom. The Morgan fingerprint density at radius 1 is 1.24 bits per heavy atom. The van der Waals surface area contributed by atoms with E-state index in [0.717, 1.165) is 46.4 Å². The molecule has 192 valence electrons. The van der Waals surface area contributed by atoms with Gasteiger partial charge in [0, 0.05) is 32.3 Å². The van der Waals surface area contributed by atoms with E-state index < -0.39 is 0 Å². The predicted octanol–water partition coefficient (Wildman–Crippen LogP) is 2.59. The van der Waals surface area contributed by atoms with Crippen molar-refractivity contribution in [3.8, 4) is 11.5 Å². The number of hydrogen-bond donors (Lipinski definition) is 2. The molecule has 1 aromatic carbocycles. The number of aryl methyl sites for hydroxylation is 2. The van der Waals surface area contributed by atoms with Gasteiger partial charge in [-0.3, -0.25) is 4.79 Å². The summed E-state index contributed by atoms with van der Waals surface area (Å²) in [6, 6.07) is 4.98.